The van der Waals surface area contributed by atoms with Crippen LogP contribution in [0.2, 0.25) is 0 Å². The second kappa shape index (κ2) is 7.18. The Bertz CT molecular complexity index is 943. The molecule has 0 bridgehead atoms. The smallest absolute Gasteiger partial charge is 0.255 e. The first kappa shape index (κ1) is 17.1. The van der Waals surface area contributed by atoms with Crippen molar-refractivity contribution in [2.75, 3.05) is 13.1 Å². The predicted octanol–water partition coefficient (Wildman–Crippen LogP) is 2.29. The second-order valence-corrected chi connectivity index (χ2v) is 7.75. The molecule has 0 radical (unpaired) electrons. The number of pyridine rings is 1. The van der Waals surface area contributed by atoms with E-state index in [1.807, 2.05) is 23.2 Å². The molecule has 8 nitrogen and oxygen atoms in total. The van der Waals surface area contributed by atoms with Gasteiger partial charge in [0.25, 0.3) is 5.91 Å². The number of hydrogen-bond acceptors (Lipinski definition) is 5. The van der Waals surface area contributed by atoms with Gasteiger partial charge in [0.05, 0.1) is 5.56 Å². The van der Waals surface area contributed by atoms with Crippen molar-refractivity contribution in [3.05, 3.63) is 54.8 Å². The van der Waals surface area contributed by atoms with E-state index < -0.39 is 0 Å². The van der Waals surface area contributed by atoms with Gasteiger partial charge in [-0.3, -0.25) is 9.36 Å². The van der Waals surface area contributed by atoms with Gasteiger partial charge in [-0.25, -0.2) is 9.97 Å². The zero-order chi connectivity index (χ0) is 18.9. The second-order valence-electron chi connectivity index (χ2n) is 7.75. The first-order valence-corrected chi connectivity index (χ1v) is 9.89. The molecule has 3 aromatic heterocycles. The van der Waals surface area contributed by atoms with Crippen LogP contribution in [-0.4, -0.2) is 53.2 Å². The fourth-order valence-corrected chi connectivity index (χ4v) is 3.95. The van der Waals surface area contributed by atoms with Crippen molar-refractivity contribution in [3.63, 3.8) is 0 Å². The number of amides is 1. The van der Waals surface area contributed by atoms with Crippen molar-refractivity contribution in [1.29, 1.82) is 0 Å². The summed E-state index contributed by atoms with van der Waals surface area (Å²) in [5, 5.41) is 7.56. The van der Waals surface area contributed by atoms with Crippen LogP contribution in [0.4, 0.5) is 0 Å². The van der Waals surface area contributed by atoms with Crippen LogP contribution < -0.4 is 0 Å². The number of piperidine rings is 1. The van der Waals surface area contributed by atoms with Crippen LogP contribution in [-0.2, 0) is 6.54 Å². The standard InChI is InChI=1S/C20H23N7O/c28-20(16-5-6-18(22-10-16)27-13-23-24-14-27)26-8-1-2-17(12-26)19-21-7-9-25(19)11-15-3-4-15/h5-7,9-10,13-15,17H,1-4,8,11-12H2. The highest BCUT2D eigenvalue weighted by Crippen LogP contribution is 2.33. The average molecular weight is 377 g/mol. The van der Waals surface area contributed by atoms with E-state index in [-0.39, 0.29) is 5.91 Å². The van der Waals surface area contributed by atoms with Gasteiger partial charge < -0.3 is 9.47 Å². The lowest BCUT2D eigenvalue weighted by atomic mass is 9.96. The maximum Gasteiger partial charge on any atom is 0.255 e. The molecule has 144 valence electrons. The molecule has 1 amide bonds. The lowest BCUT2D eigenvalue weighted by Gasteiger charge is -2.32. The fourth-order valence-electron chi connectivity index (χ4n) is 3.95. The Balaban J connectivity index is 1.29. The molecule has 3 aromatic rings. The van der Waals surface area contributed by atoms with E-state index in [2.05, 4.69) is 30.9 Å². The first-order chi connectivity index (χ1) is 13.8. The quantitative estimate of drug-likeness (QED) is 0.681. The third-order valence-electron chi connectivity index (χ3n) is 5.65. The summed E-state index contributed by atoms with van der Waals surface area (Å²) < 4.78 is 4.01. The van der Waals surface area contributed by atoms with E-state index in [1.165, 1.54) is 12.8 Å². The van der Waals surface area contributed by atoms with Gasteiger partial charge in [0.15, 0.2) is 0 Å². The lowest BCUT2D eigenvalue weighted by molar-refractivity contribution is 0.0702. The zero-order valence-corrected chi connectivity index (χ0v) is 15.7. The molecule has 28 heavy (non-hydrogen) atoms. The molecular weight excluding hydrogens is 354 g/mol. The molecule has 1 aliphatic carbocycles. The average Bonchev–Trinajstić information content (AvgIpc) is 3.20. The van der Waals surface area contributed by atoms with E-state index >= 15 is 0 Å². The Morgan fingerprint density at radius 3 is 2.71 bits per heavy atom. The molecule has 5 rings (SSSR count). The number of likely N-dealkylation sites (tertiary alicyclic amines) is 1. The number of aromatic nitrogens is 6. The van der Waals surface area contributed by atoms with Crippen molar-refractivity contribution in [2.24, 2.45) is 5.92 Å². The van der Waals surface area contributed by atoms with Gasteiger partial charge in [-0.15, -0.1) is 10.2 Å². The minimum atomic E-state index is 0.0350. The Kier molecular flexibility index (Phi) is 4.38. The van der Waals surface area contributed by atoms with Gasteiger partial charge in [-0.2, -0.15) is 0 Å². The van der Waals surface area contributed by atoms with Gasteiger partial charge in [-0.1, -0.05) is 0 Å². The molecule has 1 unspecified atom stereocenters. The largest absolute Gasteiger partial charge is 0.338 e. The summed E-state index contributed by atoms with van der Waals surface area (Å²) in [6, 6.07) is 3.64. The topological polar surface area (TPSA) is 81.7 Å². The highest BCUT2D eigenvalue weighted by molar-refractivity contribution is 5.94. The van der Waals surface area contributed by atoms with E-state index in [4.69, 9.17) is 0 Å². The summed E-state index contributed by atoms with van der Waals surface area (Å²) >= 11 is 0. The zero-order valence-electron chi connectivity index (χ0n) is 15.7. The van der Waals surface area contributed by atoms with Gasteiger partial charge in [-0.05, 0) is 43.7 Å². The number of hydrogen-bond donors (Lipinski definition) is 0. The molecule has 1 saturated heterocycles. The van der Waals surface area contributed by atoms with Crippen LogP contribution in [0.1, 0.15) is 47.8 Å². The van der Waals surface area contributed by atoms with Crippen LogP contribution in [0.3, 0.4) is 0 Å². The number of rotatable bonds is 5. The molecule has 2 fully saturated rings. The molecular formula is C20H23N7O. The Morgan fingerprint density at radius 1 is 1.11 bits per heavy atom. The summed E-state index contributed by atoms with van der Waals surface area (Å²) in [6.45, 7) is 2.56. The summed E-state index contributed by atoms with van der Waals surface area (Å²) in [4.78, 5) is 24.0. The van der Waals surface area contributed by atoms with Crippen LogP contribution in [0.5, 0.6) is 0 Å². The summed E-state index contributed by atoms with van der Waals surface area (Å²) in [6.07, 6.45) is 13.5. The van der Waals surface area contributed by atoms with Crippen LogP contribution in [0.25, 0.3) is 5.82 Å². The molecule has 0 spiro atoms. The third-order valence-corrected chi connectivity index (χ3v) is 5.65. The van der Waals surface area contributed by atoms with Crippen molar-refractivity contribution in [3.8, 4) is 5.82 Å². The van der Waals surface area contributed by atoms with Crippen LogP contribution in [0.15, 0.2) is 43.4 Å². The Morgan fingerprint density at radius 2 is 1.96 bits per heavy atom. The summed E-state index contributed by atoms with van der Waals surface area (Å²) in [5.41, 5.74) is 0.610. The minimum absolute atomic E-state index is 0.0350. The minimum Gasteiger partial charge on any atom is -0.338 e. The molecule has 2 aliphatic rings. The first-order valence-electron chi connectivity index (χ1n) is 9.89. The normalized spacial score (nSPS) is 19.7. The SMILES string of the molecule is O=C(c1ccc(-n2cnnc2)nc1)N1CCCC(c2nccn2CC2CC2)C1. The molecule has 0 aromatic carbocycles. The molecule has 0 N–H and O–H groups in total. The Labute approximate surface area is 163 Å². The van der Waals surface area contributed by atoms with Crippen molar-refractivity contribution in [1.82, 2.24) is 34.2 Å². The molecule has 1 aliphatic heterocycles. The summed E-state index contributed by atoms with van der Waals surface area (Å²) in [7, 11) is 0. The van der Waals surface area contributed by atoms with Gasteiger partial charge in [0.1, 0.15) is 24.3 Å². The number of carbonyl (C=O) groups is 1. The van der Waals surface area contributed by atoms with Gasteiger partial charge >= 0.3 is 0 Å². The van der Waals surface area contributed by atoms with Crippen molar-refractivity contribution >= 4 is 5.91 Å². The van der Waals surface area contributed by atoms with E-state index in [9.17, 15) is 4.79 Å². The highest BCUT2D eigenvalue weighted by Gasteiger charge is 2.29. The maximum atomic E-state index is 13.0. The molecule has 1 saturated carbocycles. The summed E-state index contributed by atoms with van der Waals surface area (Å²) in [5.74, 6) is 2.97. The molecule has 4 heterocycles. The third kappa shape index (κ3) is 3.42. The van der Waals surface area contributed by atoms with Crippen molar-refractivity contribution in [2.45, 2.75) is 38.1 Å². The van der Waals surface area contributed by atoms with Gasteiger partial charge in [0, 0.05) is 44.1 Å². The van der Waals surface area contributed by atoms with E-state index in [0.29, 0.717) is 23.8 Å². The lowest BCUT2D eigenvalue weighted by Crippen LogP contribution is -2.39. The number of carbonyl (C=O) groups excluding carboxylic acids is 1. The van der Waals surface area contributed by atoms with E-state index in [1.54, 1.807) is 23.4 Å². The molecule has 1 atom stereocenters. The van der Waals surface area contributed by atoms with Gasteiger partial charge in [0.2, 0.25) is 0 Å². The van der Waals surface area contributed by atoms with Crippen LogP contribution in [0, 0.1) is 5.92 Å². The predicted molar refractivity (Wildman–Crippen MR) is 102 cm³/mol. The van der Waals surface area contributed by atoms with E-state index in [0.717, 1.165) is 37.7 Å². The monoisotopic (exact) mass is 377 g/mol. The number of nitrogens with zero attached hydrogens (tertiary/aromatic N) is 7. The number of imidazole rings is 1. The molecule has 8 heteroatoms. The Hall–Kier alpha value is -3.03. The van der Waals surface area contributed by atoms with Crippen molar-refractivity contribution < 1.29 is 4.79 Å². The fraction of sp³-hybridized carbons (Fsp3) is 0.450. The maximum absolute atomic E-state index is 13.0. The highest BCUT2D eigenvalue weighted by atomic mass is 16.2. The van der Waals surface area contributed by atoms with Crippen LogP contribution >= 0.6 is 0 Å².